The number of rotatable bonds is 7. The van der Waals surface area contributed by atoms with Gasteiger partial charge < -0.3 is 19.9 Å². The fourth-order valence-corrected chi connectivity index (χ4v) is 12.0. The van der Waals surface area contributed by atoms with Crippen molar-refractivity contribution in [3.8, 4) is 5.69 Å². The van der Waals surface area contributed by atoms with Crippen LogP contribution < -0.4 is 17.2 Å². The molecule has 3 aromatic carbocycles. The van der Waals surface area contributed by atoms with E-state index in [-0.39, 0.29) is 59.9 Å². The summed E-state index contributed by atoms with van der Waals surface area (Å²) in [5, 5.41) is 5.00. The molecule has 3 aromatic heterocycles. The Hall–Kier alpha value is -6.40. The van der Waals surface area contributed by atoms with Crippen molar-refractivity contribution in [2.24, 2.45) is 21.0 Å². The Morgan fingerprint density at radius 3 is 2.44 bits per heavy atom. The van der Waals surface area contributed by atoms with Crippen molar-refractivity contribution in [3.05, 3.63) is 139 Å². The molecule has 3 N–H and O–H groups in total. The van der Waals surface area contributed by atoms with Gasteiger partial charge >= 0.3 is 11.4 Å². The molecule has 3 aliphatic heterocycles. The first-order chi connectivity index (χ1) is 31.3. The number of H-pyrrole nitrogens is 1. The molecule has 18 heteroatoms. The van der Waals surface area contributed by atoms with Crippen molar-refractivity contribution in [1.29, 1.82) is 0 Å². The molecule has 6 heterocycles. The van der Waals surface area contributed by atoms with Crippen molar-refractivity contribution in [1.82, 2.24) is 28.7 Å². The monoisotopic (exact) mass is 919 g/mol. The molecule has 0 radical (unpaired) electrons. The second-order valence-corrected chi connectivity index (χ2v) is 21.2. The van der Waals surface area contributed by atoms with Crippen LogP contribution in [0.1, 0.15) is 97.9 Å². The highest BCUT2D eigenvalue weighted by atomic mass is 32.2. The van der Waals surface area contributed by atoms with Crippen LogP contribution >= 0.6 is 0 Å². The number of aromatic amines is 1. The Morgan fingerprint density at radius 2 is 1.76 bits per heavy atom. The minimum atomic E-state index is -2.77. The van der Waals surface area contributed by atoms with Crippen LogP contribution in [0.15, 0.2) is 101 Å². The molecule has 6 aromatic rings. The van der Waals surface area contributed by atoms with Gasteiger partial charge in [0.15, 0.2) is 11.6 Å². The number of ether oxygens (including phenoxy) is 1. The van der Waals surface area contributed by atoms with Crippen LogP contribution in [0, 0.1) is 31.4 Å². The van der Waals surface area contributed by atoms with Gasteiger partial charge in [0.2, 0.25) is 0 Å². The van der Waals surface area contributed by atoms with Crippen molar-refractivity contribution < 1.29 is 27.0 Å². The van der Waals surface area contributed by atoms with Gasteiger partial charge in [-0.1, -0.05) is 18.1 Å². The maximum atomic E-state index is 16.2. The standard InChI is InChI=1S/C48H51F2N9O6S/c1-25-18-32(19-26(2)40(25)49)53-42(58-16-15-57(46(58)62)36-10-11-38-33(41(36)50)24-52-66(38,7)63)39-28(4)56(14-12-34(39)51)43(60)37-21-31-20-29(30-13-17-64-47(5,6)23-30)8-9-35(31)59(37)48(22-27(48)3)44-54-45(61)65-55-44/h8-11,15-16,18-21,27-28,30H,12-14,17,22-24,51H2,1-7H3,(H,54,55,61)/t27-,28-,30-,48-,66?/m0/s1. The summed E-state index contributed by atoms with van der Waals surface area (Å²) in [6, 6.07) is 13.4. The predicted molar refractivity (Wildman–Crippen MR) is 245 cm³/mol. The molecule has 2 fully saturated rings. The number of amides is 1. The number of aromatic nitrogens is 5. The van der Waals surface area contributed by atoms with E-state index in [1.54, 1.807) is 30.9 Å². The number of aliphatic imine (C=N–C) groups is 1. The molecule has 5 atom stereocenters. The van der Waals surface area contributed by atoms with Crippen LogP contribution in [0.5, 0.6) is 0 Å². The zero-order valence-corrected chi connectivity index (χ0v) is 38.6. The molecule has 1 saturated heterocycles. The number of halogens is 2. The van der Waals surface area contributed by atoms with E-state index in [2.05, 4.69) is 40.5 Å². The Morgan fingerprint density at radius 1 is 1.02 bits per heavy atom. The fourth-order valence-electron chi connectivity index (χ4n) is 10.5. The third-order valence-corrected chi connectivity index (χ3v) is 15.9. The van der Waals surface area contributed by atoms with E-state index in [0.717, 1.165) is 33.9 Å². The summed E-state index contributed by atoms with van der Waals surface area (Å²) in [7, 11) is -2.77. The van der Waals surface area contributed by atoms with E-state index < -0.39 is 44.4 Å². The minimum Gasteiger partial charge on any atom is -0.402 e. The molecule has 344 valence electrons. The number of fused-ring (bicyclic) bond motifs is 2. The first-order valence-electron chi connectivity index (χ1n) is 22.1. The van der Waals surface area contributed by atoms with Crippen LogP contribution in [-0.4, -0.2) is 75.7 Å². The summed E-state index contributed by atoms with van der Waals surface area (Å²) in [4.78, 5) is 52.3. The van der Waals surface area contributed by atoms with Crippen molar-refractivity contribution in [2.75, 3.05) is 19.4 Å². The van der Waals surface area contributed by atoms with Crippen LogP contribution in [0.3, 0.4) is 0 Å². The van der Waals surface area contributed by atoms with Gasteiger partial charge in [0.1, 0.15) is 22.9 Å². The van der Waals surface area contributed by atoms with Crippen molar-refractivity contribution in [2.45, 2.75) is 102 Å². The van der Waals surface area contributed by atoms with Gasteiger partial charge in [-0.3, -0.25) is 23.4 Å². The molecule has 1 saturated carbocycles. The average Bonchev–Trinajstić information content (AvgIpc) is 3.71. The van der Waals surface area contributed by atoms with E-state index in [4.69, 9.17) is 20.0 Å². The number of hydrogen-bond donors (Lipinski definition) is 2. The molecule has 4 aliphatic rings. The summed E-state index contributed by atoms with van der Waals surface area (Å²) in [6.07, 6.45) is 6.79. The number of benzene rings is 3. The Kier molecular flexibility index (Phi) is 10.1. The van der Waals surface area contributed by atoms with Crippen LogP contribution in [-0.2, 0) is 26.5 Å². The largest absolute Gasteiger partial charge is 0.438 e. The summed E-state index contributed by atoms with van der Waals surface area (Å²) in [5.41, 5.74) is 9.15. The van der Waals surface area contributed by atoms with Gasteiger partial charge in [-0.25, -0.2) is 31.9 Å². The molecular formula is C48H51F2N9O6S. The molecule has 10 rings (SSSR count). The molecule has 1 amide bonds. The minimum absolute atomic E-state index is 0.0329. The van der Waals surface area contributed by atoms with Crippen molar-refractivity contribution >= 4 is 38.1 Å². The number of carbonyl (C=O) groups is 1. The number of nitrogens with one attached hydrogen (secondary N) is 1. The van der Waals surface area contributed by atoms with Crippen molar-refractivity contribution in [3.63, 3.8) is 0 Å². The maximum absolute atomic E-state index is 16.2. The number of hydrogen-bond acceptors (Lipinski definition) is 10. The molecule has 0 spiro atoms. The lowest BCUT2D eigenvalue weighted by molar-refractivity contribution is -0.0592. The summed E-state index contributed by atoms with van der Waals surface area (Å²) >= 11 is 0. The van der Waals surface area contributed by atoms with Gasteiger partial charge in [0, 0.05) is 66.0 Å². The highest BCUT2D eigenvalue weighted by Crippen LogP contribution is 2.56. The first kappa shape index (κ1) is 43.5. The third kappa shape index (κ3) is 6.89. The number of nitrogens with two attached hydrogens (primary N) is 1. The summed E-state index contributed by atoms with van der Waals surface area (Å²) < 4.78 is 63.7. The molecule has 1 aliphatic carbocycles. The van der Waals surface area contributed by atoms with E-state index in [1.165, 1.54) is 35.3 Å². The topological polar surface area (TPSA) is 188 Å². The quantitative estimate of drug-likeness (QED) is 0.123. The average molecular weight is 920 g/mol. The zero-order valence-electron chi connectivity index (χ0n) is 37.8. The van der Waals surface area contributed by atoms with E-state index in [0.29, 0.717) is 57.5 Å². The summed E-state index contributed by atoms with van der Waals surface area (Å²) in [6.45, 7) is 12.0. The number of carbonyl (C=O) groups excluding carboxylic acids is 1. The predicted octanol–water partition coefficient (Wildman–Crippen LogP) is 7.32. The third-order valence-electron chi connectivity index (χ3n) is 14.1. The van der Waals surface area contributed by atoms with Crippen LogP contribution in [0.25, 0.3) is 16.6 Å². The first-order valence-corrected chi connectivity index (χ1v) is 24.0. The van der Waals surface area contributed by atoms with E-state index >= 15 is 9.18 Å². The number of nitrogens with zero attached hydrogens (tertiary/aromatic N) is 7. The zero-order chi connectivity index (χ0) is 46.8. The number of aryl methyl sites for hydroxylation is 2. The van der Waals surface area contributed by atoms with Gasteiger partial charge in [0.05, 0.1) is 44.2 Å². The second-order valence-electron chi connectivity index (χ2n) is 18.9. The lowest BCUT2D eigenvalue weighted by atomic mass is 9.83. The molecule has 15 nitrogen and oxygen atoms in total. The van der Waals surface area contributed by atoms with Gasteiger partial charge in [-0.2, -0.15) is 0 Å². The highest BCUT2D eigenvalue weighted by Gasteiger charge is 2.59. The maximum Gasteiger partial charge on any atom is 0.438 e. The Labute approximate surface area is 379 Å². The molecule has 1 unspecified atom stereocenters. The van der Waals surface area contributed by atoms with Gasteiger partial charge in [-0.05, 0) is 125 Å². The van der Waals surface area contributed by atoms with Crippen LogP contribution in [0.2, 0.25) is 0 Å². The van der Waals surface area contributed by atoms with E-state index in [1.807, 2.05) is 30.5 Å². The fraction of sp³-hybridized carbons (Fsp3) is 0.396. The molecular weight excluding hydrogens is 869 g/mol. The normalized spacial score (nSPS) is 25.1. The van der Waals surface area contributed by atoms with Gasteiger partial charge in [0.25, 0.3) is 5.91 Å². The van der Waals surface area contributed by atoms with Crippen LogP contribution in [0.4, 0.5) is 14.5 Å². The van der Waals surface area contributed by atoms with E-state index in [9.17, 15) is 18.2 Å². The number of imidazole rings is 1. The second kappa shape index (κ2) is 15.3. The highest BCUT2D eigenvalue weighted by molar-refractivity contribution is 7.93. The Balaban J connectivity index is 1.10. The lowest BCUT2D eigenvalue weighted by Gasteiger charge is -2.37. The van der Waals surface area contributed by atoms with Gasteiger partial charge in [-0.15, -0.1) is 0 Å². The Bertz CT molecular complexity index is 3340. The molecule has 0 bridgehead atoms. The lowest BCUT2D eigenvalue weighted by Crippen LogP contribution is -2.49. The SMILES string of the molecule is Cc1cc(N=C(C2=C(N)CCN(C(=O)c3cc4cc([C@H]5CCOC(C)(C)C5)ccc4n3[C@@]3(c4noc(=O)[nH]4)C[C@@H]3C)[C@H]2C)n2ccn(-c3ccc4c(c3F)CN=S4(C)=O)c2=O)cc(C)c1F. The summed E-state index contributed by atoms with van der Waals surface area (Å²) in [5.74, 6) is -1.55. The smallest absolute Gasteiger partial charge is 0.402 e. The molecule has 66 heavy (non-hydrogen) atoms.